The standard InChI is InChI=1S/C37H65N13O12/c1-7-18(4)28(34(59)47-22(36(61)62)14-25(39)52)49-30(55)20(6)44-32(57)24-11-9-13-50(24)35(60)23(16-51)45-26(53)15-43-31(56)21(10-8-12-42-37(40)41)46-33(58)27(17(2)3)48-29(54)19(5)38/h17-24,27-28,51H,7-16,38H2,1-6H3,(H2,39,52)(H,43,56)(H,44,57)(H,45,53)(H,46,58)(H,47,59)(H,48,54)(H,49,55)(H,61,62)(H4,40,41,42)/t18-,19-,20-,21-,22-,23-,24-,27-,28-/m0/s1. The number of aliphatic hydroxyl groups is 1. The van der Waals surface area contributed by atoms with Gasteiger partial charge in [0.05, 0.1) is 25.6 Å². The highest BCUT2D eigenvalue weighted by molar-refractivity contribution is 5.98. The summed E-state index contributed by atoms with van der Waals surface area (Å²) in [6.07, 6.45) is 0.441. The molecule has 17 N–H and O–H groups in total. The number of aliphatic carboxylic acids is 1. The monoisotopic (exact) mass is 883 g/mol. The van der Waals surface area contributed by atoms with Crippen molar-refractivity contribution in [2.24, 2.45) is 29.0 Å². The van der Waals surface area contributed by atoms with Crippen LogP contribution < -0.4 is 59.7 Å². The molecular formula is C37H65N13O12. The molecule has 0 aliphatic carbocycles. The molecule has 1 rings (SSSR count). The number of carboxylic acid groups (broad SMARTS) is 1. The molecule has 25 nitrogen and oxygen atoms in total. The van der Waals surface area contributed by atoms with Gasteiger partial charge in [-0.1, -0.05) is 34.1 Å². The van der Waals surface area contributed by atoms with Crippen LogP contribution in [0.4, 0.5) is 0 Å². The molecule has 9 atom stereocenters. The molecule has 1 aliphatic heterocycles. The van der Waals surface area contributed by atoms with Crippen molar-refractivity contribution in [2.45, 2.75) is 128 Å². The molecule has 0 saturated carbocycles. The van der Waals surface area contributed by atoms with E-state index in [1.165, 1.54) is 13.8 Å². The number of hydrogen-bond donors (Lipinski definition) is 14. The number of primary amides is 1. The predicted octanol–water partition coefficient (Wildman–Crippen LogP) is -5.71. The average molecular weight is 884 g/mol. The first-order chi connectivity index (χ1) is 28.9. The van der Waals surface area contributed by atoms with Crippen molar-refractivity contribution >= 4 is 65.1 Å². The van der Waals surface area contributed by atoms with Gasteiger partial charge >= 0.3 is 5.97 Å². The topological polar surface area (TPSA) is 413 Å². The number of likely N-dealkylation sites (tertiary alicyclic amines) is 1. The SMILES string of the molecule is CC[C@H](C)[C@H](NC(=O)[C@H](C)NC(=O)[C@@H]1CCCN1C(=O)[C@H](CO)NC(=O)CNC(=O)[C@H](CCCNC(=N)N)NC(=O)[C@@H](NC(=O)[C@H](C)N)C(C)C)C(=O)N[C@@H](CC(N)=O)C(=O)O. The van der Waals surface area contributed by atoms with Crippen molar-refractivity contribution in [1.82, 2.24) is 47.4 Å². The Hall–Kier alpha value is -6.11. The number of aliphatic hydroxyl groups excluding tert-OH is 1. The lowest BCUT2D eigenvalue weighted by Crippen LogP contribution is -2.59. The minimum atomic E-state index is -1.64. The van der Waals surface area contributed by atoms with Crippen LogP contribution >= 0.6 is 0 Å². The predicted molar refractivity (Wildman–Crippen MR) is 221 cm³/mol. The zero-order chi connectivity index (χ0) is 47.4. The van der Waals surface area contributed by atoms with E-state index in [9.17, 15) is 58.2 Å². The fourth-order valence-electron chi connectivity index (χ4n) is 6.12. The Morgan fingerprint density at radius 1 is 0.758 bits per heavy atom. The maximum absolute atomic E-state index is 13.6. The minimum Gasteiger partial charge on any atom is -0.480 e. The summed E-state index contributed by atoms with van der Waals surface area (Å²) >= 11 is 0. The summed E-state index contributed by atoms with van der Waals surface area (Å²) in [5, 5.41) is 46.4. The van der Waals surface area contributed by atoms with Crippen LogP contribution in [0, 0.1) is 17.2 Å². The maximum atomic E-state index is 13.6. The molecule has 0 radical (unpaired) electrons. The second-order valence-electron chi connectivity index (χ2n) is 15.4. The van der Waals surface area contributed by atoms with Crippen molar-refractivity contribution in [3.05, 3.63) is 0 Å². The molecule has 0 aromatic rings. The summed E-state index contributed by atoms with van der Waals surface area (Å²) in [5.41, 5.74) is 16.0. The molecule has 1 fully saturated rings. The number of carboxylic acids is 1. The highest BCUT2D eigenvalue weighted by Crippen LogP contribution is 2.19. The van der Waals surface area contributed by atoms with E-state index in [1.807, 2.05) is 0 Å². The van der Waals surface area contributed by atoms with Crippen LogP contribution in [-0.4, -0.2) is 155 Å². The van der Waals surface area contributed by atoms with E-state index in [-0.39, 0.29) is 38.3 Å². The molecule has 1 saturated heterocycles. The van der Waals surface area contributed by atoms with E-state index in [1.54, 1.807) is 27.7 Å². The summed E-state index contributed by atoms with van der Waals surface area (Å²) in [6.45, 7) is 8.06. The number of rotatable bonds is 26. The highest BCUT2D eigenvalue weighted by Gasteiger charge is 2.39. The van der Waals surface area contributed by atoms with E-state index in [4.69, 9.17) is 22.6 Å². The van der Waals surface area contributed by atoms with Crippen LogP contribution in [0.3, 0.4) is 0 Å². The molecule has 1 aliphatic rings. The van der Waals surface area contributed by atoms with Crippen molar-refractivity contribution < 1.29 is 58.2 Å². The Morgan fingerprint density at radius 3 is 1.89 bits per heavy atom. The third kappa shape index (κ3) is 17.9. The number of hydrogen-bond acceptors (Lipinski definition) is 13. The second-order valence-corrected chi connectivity index (χ2v) is 15.4. The first kappa shape index (κ1) is 53.9. The second kappa shape index (κ2) is 26.3. The number of carbonyl (C=O) groups excluding carboxylic acids is 9. The summed E-state index contributed by atoms with van der Waals surface area (Å²) in [5.74, 6) is -10.0. The van der Waals surface area contributed by atoms with Crippen molar-refractivity contribution in [3.8, 4) is 0 Å². The number of guanidine groups is 1. The van der Waals surface area contributed by atoms with Gasteiger partial charge in [-0.2, -0.15) is 0 Å². The highest BCUT2D eigenvalue weighted by atomic mass is 16.4. The normalized spacial score (nSPS) is 17.3. The molecule has 350 valence electrons. The van der Waals surface area contributed by atoms with Crippen LogP contribution in [0.15, 0.2) is 0 Å². The van der Waals surface area contributed by atoms with Crippen LogP contribution in [-0.2, 0) is 47.9 Å². The summed E-state index contributed by atoms with van der Waals surface area (Å²) < 4.78 is 0. The summed E-state index contributed by atoms with van der Waals surface area (Å²) in [4.78, 5) is 129. The zero-order valence-corrected chi connectivity index (χ0v) is 36.0. The first-order valence-electron chi connectivity index (χ1n) is 20.3. The van der Waals surface area contributed by atoms with Gasteiger partial charge in [0, 0.05) is 13.1 Å². The maximum Gasteiger partial charge on any atom is 0.326 e. The molecule has 0 aromatic carbocycles. The Labute approximate surface area is 359 Å². The Balaban J connectivity index is 2.99. The van der Waals surface area contributed by atoms with Gasteiger partial charge in [-0.25, -0.2) is 4.79 Å². The molecule has 1 heterocycles. The van der Waals surface area contributed by atoms with Gasteiger partial charge in [-0.15, -0.1) is 0 Å². The molecule has 0 aromatic heterocycles. The Morgan fingerprint density at radius 2 is 1.35 bits per heavy atom. The van der Waals surface area contributed by atoms with Gasteiger partial charge < -0.3 is 74.8 Å². The number of nitrogens with one attached hydrogen (secondary N) is 9. The lowest BCUT2D eigenvalue weighted by Gasteiger charge is -2.29. The third-order valence-corrected chi connectivity index (χ3v) is 9.92. The number of amides is 9. The van der Waals surface area contributed by atoms with Crippen LogP contribution in [0.2, 0.25) is 0 Å². The van der Waals surface area contributed by atoms with Crippen molar-refractivity contribution in [2.75, 3.05) is 26.2 Å². The third-order valence-electron chi connectivity index (χ3n) is 9.92. The molecule has 9 amide bonds. The molecular weight excluding hydrogens is 818 g/mol. The fourth-order valence-corrected chi connectivity index (χ4v) is 6.12. The molecule has 0 unspecified atom stereocenters. The quantitative estimate of drug-likeness (QED) is 0.0219. The molecule has 62 heavy (non-hydrogen) atoms. The minimum absolute atomic E-state index is 0.0152. The van der Waals surface area contributed by atoms with Gasteiger partial charge in [0.15, 0.2) is 5.96 Å². The lowest BCUT2D eigenvalue weighted by molar-refractivity contribution is -0.144. The van der Waals surface area contributed by atoms with Crippen LogP contribution in [0.5, 0.6) is 0 Å². The van der Waals surface area contributed by atoms with Gasteiger partial charge in [-0.3, -0.25) is 48.6 Å². The molecule has 0 bridgehead atoms. The number of carbonyl (C=O) groups is 10. The van der Waals surface area contributed by atoms with E-state index >= 15 is 0 Å². The molecule has 0 spiro atoms. The van der Waals surface area contributed by atoms with Crippen molar-refractivity contribution in [3.63, 3.8) is 0 Å². The Bertz CT molecular complexity index is 1640. The van der Waals surface area contributed by atoms with Gasteiger partial charge in [0.2, 0.25) is 53.2 Å². The largest absolute Gasteiger partial charge is 0.480 e. The van der Waals surface area contributed by atoms with E-state index in [2.05, 4.69) is 42.5 Å². The lowest BCUT2D eigenvalue weighted by atomic mass is 9.97. The summed E-state index contributed by atoms with van der Waals surface area (Å²) in [7, 11) is 0. The van der Waals surface area contributed by atoms with Gasteiger partial charge in [0.25, 0.3) is 0 Å². The van der Waals surface area contributed by atoms with Crippen molar-refractivity contribution in [1.29, 1.82) is 5.41 Å². The van der Waals surface area contributed by atoms with E-state index < -0.39 is 139 Å². The molecule has 25 heteroatoms. The van der Waals surface area contributed by atoms with Gasteiger partial charge in [0.1, 0.15) is 42.3 Å². The van der Waals surface area contributed by atoms with Gasteiger partial charge in [-0.05, 0) is 51.4 Å². The smallest absolute Gasteiger partial charge is 0.326 e. The fraction of sp³-hybridized carbons (Fsp3) is 0.703. The van der Waals surface area contributed by atoms with E-state index in [0.717, 1.165) is 4.90 Å². The average Bonchev–Trinajstić information content (AvgIpc) is 3.70. The van der Waals surface area contributed by atoms with E-state index in [0.29, 0.717) is 12.8 Å². The Kier molecular flexibility index (Phi) is 22.8. The summed E-state index contributed by atoms with van der Waals surface area (Å²) in [6, 6.07) is -10.1. The number of nitrogens with two attached hydrogens (primary N) is 3. The van der Waals surface area contributed by atoms with Crippen LogP contribution in [0.1, 0.15) is 80.1 Å². The zero-order valence-electron chi connectivity index (χ0n) is 36.0. The number of nitrogens with zero attached hydrogens (tertiary/aromatic N) is 1. The first-order valence-corrected chi connectivity index (χ1v) is 20.3. The van der Waals surface area contributed by atoms with Crippen LogP contribution in [0.25, 0.3) is 0 Å².